The van der Waals surface area contributed by atoms with Crippen LogP contribution >= 0.6 is 0 Å². The summed E-state index contributed by atoms with van der Waals surface area (Å²) in [7, 11) is 0. The van der Waals surface area contributed by atoms with Gasteiger partial charge in [-0.2, -0.15) is 0 Å². The van der Waals surface area contributed by atoms with Crippen LogP contribution in [0.1, 0.15) is 72.1 Å². The Hall–Kier alpha value is -2.19. The third kappa shape index (κ3) is 5.37. The summed E-state index contributed by atoms with van der Waals surface area (Å²) in [5.74, 6) is -2.31. The molecule has 0 aromatic carbocycles. The Labute approximate surface area is 222 Å². The number of hydrogen-bond acceptors (Lipinski definition) is 6. The summed E-state index contributed by atoms with van der Waals surface area (Å²) in [6, 6.07) is -0.795. The van der Waals surface area contributed by atoms with Crippen molar-refractivity contribution in [3.8, 4) is 0 Å². The van der Waals surface area contributed by atoms with Gasteiger partial charge in [0.1, 0.15) is 17.6 Å². The van der Waals surface area contributed by atoms with Crippen LogP contribution in [-0.2, 0) is 23.9 Å². The highest BCUT2D eigenvalue weighted by molar-refractivity contribution is 5.98. The first-order chi connectivity index (χ1) is 17.7. The minimum absolute atomic E-state index is 0.0221. The fraction of sp³-hybridized carbons (Fsp3) is 0.759. The average Bonchev–Trinajstić information content (AvgIpc) is 3.38. The largest absolute Gasteiger partial charge is 0.465 e. The number of ether oxygens (including phenoxy) is 2. The maximum absolute atomic E-state index is 14.2. The number of nitrogens with zero attached hydrogens (tertiary/aromatic N) is 2. The molecule has 8 nitrogen and oxygen atoms in total. The van der Waals surface area contributed by atoms with Gasteiger partial charge in [0.2, 0.25) is 11.8 Å². The molecule has 2 amide bonds. The lowest BCUT2D eigenvalue weighted by Crippen LogP contribution is -2.56. The van der Waals surface area contributed by atoms with Crippen molar-refractivity contribution >= 4 is 17.8 Å². The third-order valence-electron chi connectivity index (χ3n) is 8.62. The Balaban J connectivity index is 1.99. The standard InChI is InChI=1S/C29H46N2O6/c1-6-9-12-16-30(15-8-3)26(34)24-29-20-21(4)28(5,37-29)23(27(35)36-19-10-7-2)22(29)25(33)31(24)17-13-11-14-18-32/h7-8,21-24,32H,2-3,6,9-20H2,1,4-5H3/t21?,22-,23+,24?,28-,29?/m0/s1. The van der Waals surface area contributed by atoms with Gasteiger partial charge in [-0.25, -0.2) is 0 Å². The molecular formula is C29H46N2O6. The maximum atomic E-state index is 14.2. The number of fused-ring (bicyclic) bond motifs is 1. The number of esters is 1. The number of carbonyl (C=O) groups is 3. The molecule has 3 heterocycles. The lowest BCUT2D eigenvalue weighted by Gasteiger charge is -2.37. The number of aliphatic hydroxyl groups excluding tert-OH is 1. The molecule has 37 heavy (non-hydrogen) atoms. The van der Waals surface area contributed by atoms with Crippen LogP contribution in [0.3, 0.4) is 0 Å². The van der Waals surface area contributed by atoms with Crippen molar-refractivity contribution in [1.82, 2.24) is 9.80 Å². The molecule has 0 saturated carbocycles. The van der Waals surface area contributed by atoms with Crippen molar-refractivity contribution < 1.29 is 29.0 Å². The van der Waals surface area contributed by atoms with E-state index in [4.69, 9.17) is 9.47 Å². The normalized spacial score (nSPS) is 31.9. The van der Waals surface area contributed by atoms with Gasteiger partial charge in [0.05, 0.1) is 18.1 Å². The van der Waals surface area contributed by atoms with Gasteiger partial charge in [-0.05, 0) is 51.4 Å². The lowest BCUT2D eigenvalue weighted by molar-refractivity contribution is -0.162. The quantitative estimate of drug-likeness (QED) is 0.191. The van der Waals surface area contributed by atoms with Crippen LogP contribution in [-0.4, -0.2) is 82.8 Å². The molecule has 3 fully saturated rings. The van der Waals surface area contributed by atoms with Crippen molar-refractivity contribution in [2.24, 2.45) is 17.8 Å². The molecule has 0 aromatic rings. The molecule has 0 radical (unpaired) electrons. The number of hydrogen-bond donors (Lipinski definition) is 1. The van der Waals surface area contributed by atoms with Crippen LogP contribution in [0.25, 0.3) is 0 Å². The second kappa shape index (κ2) is 12.6. The summed E-state index contributed by atoms with van der Waals surface area (Å²) < 4.78 is 12.3. The number of amides is 2. The topological polar surface area (TPSA) is 96.4 Å². The Morgan fingerprint density at radius 3 is 2.62 bits per heavy atom. The minimum Gasteiger partial charge on any atom is -0.465 e. The fourth-order valence-electron chi connectivity index (χ4n) is 6.69. The fourth-order valence-corrected chi connectivity index (χ4v) is 6.69. The Morgan fingerprint density at radius 2 is 1.97 bits per heavy atom. The van der Waals surface area contributed by atoms with Crippen LogP contribution in [0.5, 0.6) is 0 Å². The Morgan fingerprint density at radius 1 is 1.22 bits per heavy atom. The molecule has 3 unspecified atom stereocenters. The first-order valence-corrected chi connectivity index (χ1v) is 14.0. The molecular weight excluding hydrogens is 472 g/mol. The number of aliphatic hydroxyl groups is 1. The zero-order valence-corrected chi connectivity index (χ0v) is 23.0. The summed E-state index contributed by atoms with van der Waals surface area (Å²) in [5, 5.41) is 9.21. The Bertz CT molecular complexity index is 861. The molecule has 1 spiro atoms. The van der Waals surface area contributed by atoms with Gasteiger partial charge in [-0.15, -0.1) is 13.2 Å². The van der Waals surface area contributed by atoms with Crippen molar-refractivity contribution in [3.05, 3.63) is 25.3 Å². The number of rotatable bonds is 16. The summed E-state index contributed by atoms with van der Waals surface area (Å²) in [4.78, 5) is 45.2. The summed E-state index contributed by atoms with van der Waals surface area (Å²) in [5.41, 5.74) is -1.94. The van der Waals surface area contributed by atoms with E-state index >= 15 is 0 Å². The highest BCUT2D eigenvalue weighted by Crippen LogP contribution is 2.65. The van der Waals surface area contributed by atoms with Crippen LogP contribution < -0.4 is 0 Å². The monoisotopic (exact) mass is 518 g/mol. The first-order valence-electron chi connectivity index (χ1n) is 14.0. The van der Waals surface area contributed by atoms with Crippen molar-refractivity contribution in [2.75, 3.05) is 32.8 Å². The molecule has 3 aliphatic heterocycles. The van der Waals surface area contributed by atoms with E-state index in [9.17, 15) is 19.5 Å². The van der Waals surface area contributed by atoms with Crippen molar-refractivity contribution in [3.63, 3.8) is 0 Å². The minimum atomic E-state index is -1.06. The first kappa shape index (κ1) is 29.4. The second-order valence-electron chi connectivity index (χ2n) is 11.0. The summed E-state index contributed by atoms with van der Waals surface area (Å²) in [6.45, 7) is 15.2. The van der Waals surface area contributed by atoms with Gasteiger partial charge in [-0.3, -0.25) is 14.4 Å². The molecule has 3 rings (SSSR count). The van der Waals surface area contributed by atoms with Crippen LogP contribution in [0.2, 0.25) is 0 Å². The highest BCUT2D eigenvalue weighted by Gasteiger charge is 2.80. The van der Waals surface area contributed by atoms with E-state index in [2.05, 4.69) is 20.1 Å². The zero-order valence-electron chi connectivity index (χ0n) is 23.0. The predicted octanol–water partition coefficient (Wildman–Crippen LogP) is 3.48. The van der Waals surface area contributed by atoms with E-state index in [0.29, 0.717) is 45.3 Å². The SMILES string of the molecule is C=CCCOC(=O)[C@H]1[C@H]2C(=O)N(CCCCCO)C(C(=O)N(CC=C)CCCCC)C23CC(C)[C@]1(C)O3. The van der Waals surface area contributed by atoms with E-state index in [1.807, 2.05) is 13.8 Å². The van der Waals surface area contributed by atoms with E-state index < -0.39 is 35.0 Å². The van der Waals surface area contributed by atoms with Crippen molar-refractivity contribution in [1.29, 1.82) is 0 Å². The third-order valence-corrected chi connectivity index (χ3v) is 8.62. The summed E-state index contributed by atoms with van der Waals surface area (Å²) in [6.07, 6.45) is 9.44. The molecule has 208 valence electrons. The van der Waals surface area contributed by atoms with Gasteiger partial charge in [-0.1, -0.05) is 38.8 Å². The molecule has 0 aliphatic carbocycles. The maximum Gasteiger partial charge on any atom is 0.312 e. The van der Waals surface area contributed by atoms with Crippen molar-refractivity contribution in [2.45, 2.75) is 89.4 Å². The smallest absolute Gasteiger partial charge is 0.312 e. The molecule has 3 aliphatic rings. The van der Waals surface area contributed by atoms with E-state index in [-0.39, 0.29) is 30.9 Å². The molecule has 1 N–H and O–H groups in total. The highest BCUT2D eigenvalue weighted by atomic mass is 16.6. The zero-order chi connectivity index (χ0) is 27.2. The van der Waals surface area contributed by atoms with Gasteiger partial charge in [0.25, 0.3) is 0 Å². The van der Waals surface area contributed by atoms with Gasteiger partial charge >= 0.3 is 5.97 Å². The van der Waals surface area contributed by atoms with E-state index in [0.717, 1.165) is 25.7 Å². The van der Waals surface area contributed by atoms with Crippen LogP contribution in [0, 0.1) is 17.8 Å². The van der Waals surface area contributed by atoms with Gasteiger partial charge in [0, 0.05) is 26.2 Å². The number of likely N-dealkylation sites (tertiary alicyclic amines) is 1. The molecule has 0 aromatic heterocycles. The Kier molecular flexibility index (Phi) is 9.98. The molecule has 3 saturated heterocycles. The number of carbonyl (C=O) groups excluding carboxylic acids is 3. The molecule has 2 bridgehead atoms. The average molecular weight is 519 g/mol. The van der Waals surface area contributed by atoms with Crippen LogP contribution in [0.4, 0.5) is 0 Å². The lowest BCUT2D eigenvalue weighted by atomic mass is 9.62. The van der Waals surface area contributed by atoms with E-state index in [1.54, 1.807) is 22.0 Å². The summed E-state index contributed by atoms with van der Waals surface area (Å²) >= 11 is 0. The van der Waals surface area contributed by atoms with Crippen LogP contribution in [0.15, 0.2) is 25.3 Å². The van der Waals surface area contributed by atoms with E-state index in [1.165, 1.54) is 0 Å². The predicted molar refractivity (Wildman–Crippen MR) is 141 cm³/mol. The number of unbranched alkanes of at least 4 members (excludes halogenated alkanes) is 4. The second-order valence-corrected chi connectivity index (χ2v) is 11.0. The molecule has 6 atom stereocenters. The van der Waals surface area contributed by atoms with Gasteiger partial charge < -0.3 is 24.4 Å². The molecule has 8 heteroatoms. The van der Waals surface area contributed by atoms with Gasteiger partial charge in [0.15, 0.2) is 0 Å².